The van der Waals surface area contributed by atoms with Gasteiger partial charge in [0, 0.05) is 11.8 Å². The number of hydrogen-bond acceptors (Lipinski definition) is 4. The van der Waals surface area contributed by atoms with Gasteiger partial charge in [0.1, 0.15) is 5.82 Å². The first-order valence-electron chi connectivity index (χ1n) is 5.04. The minimum atomic E-state index is -0.566. The number of nitrogens with two attached hydrogens (primary N) is 1. The average Bonchev–Trinajstić information content (AvgIpc) is 2.28. The van der Waals surface area contributed by atoms with Gasteiger partial charge < -0.3 is 5.73 Å². The summed E-state index contributed by atoms with van der Waals surface area (Å²) in [5, 5.41) is 0. The van der Waals surface area contributed by atoms with Crippen LogP contribution in [0.3, 0.4) is 0 Å². The fourth-order valence-electron chi connectivity index (χ4n) is 1.53. The van der Waals surface area contributed by atoms with Crippen molar-refractivity contribution in [3.63, 3.8) is 0 Å². The predicted molar refractivity (Wildman–Crippen MR) is 63.9 cm³/mol. The van der Waals surface area contributed by atoms with Crippen molar-refractivity contribution in [2.24, 2.45) is 0 Å². The van der Waals surface area contributed by atoms with Crippen molar-refractivity contribution in [1.82, 2.24) is 9.97 Å². The van der Waals surface area contributed by atoms with E-state index in [1.807, 2.05) is 13.0 Å². The molecule has 3 N–H and O–H groups in total. The molecule has 0 atom stereocenters. The Hall–Kier alpha value is -2.43. The SMILES string of the molecule is Cc1cccc(C(=O)c2cnc(=O)[nH]c2N)c1. The highest BCUT2D eigenvalue weighted by Gasteiger charge is 2.13. The van der Waals surface area contributed by atoms with E-state index in [0.717, 1.165) is 5.56 Å². The fraction of sp³-hybridized carbons (Fsp3) is 0.0833. The summed E-state index contributed by atoms with van der Waals surface area (Å²) in [5.74, 6) is -0.216. The first kappa shape index (κ1) is 11.1. The summed E-state index contributed by atoms with van der Waals surface area (Å²) in [6.45, 7) is 1.89. The van der Waals surface area contributed by atoms with Gasteiger partial charge in [0.05, 0.1) is 5.56 Å². The number of hydrogen-bond donors (Lipinski definition) is 2. The lowest BCUT2D eigenvalue weighted by Crippen LogP contribution is -2.17. The number of benzene rings is 1. The molecule has 0 aliphatic rings. The number of nitrogen functional groups attached to an aromatic ring is 1. The van der Waals surface area contributed by atoms with Crippen LogP contribution in [-0.4, -0.2) is 15.8 Å². The number of aromatic amines is 1. The van der Waals surface area contributed by atoms with Crippen molar-refractivity contribution in [1.29, 1.82) is 0 Å². The maximum atomic E-state index is 12.1. The van der Waals surface area contributed by atoms with E-state index in [9.17, 15) is 9.59 Å². The summed E-state index contributed by atoms with van der Waals surface area (Å²) in [7, 11) is 0. The zero-order valence-corrected chi connectivity index (χ0v) is 9.23. The van der Waals surface area contributed by atoms with Crippen molar-refractivity contribution in [3.8, 4) is 0 Å². The Morgan fingerprint density at radius 3 is 2.82 bits per heavy atom. The van der Waals surface area contributed by atoms with Crippen LogP contribution >= 0.6 is 0 Å². The van der Waals surface area contributed by atoms with E-state index in [-0.39, 0.29) is 17.2 Å². The summed E-state index contributed by atoms with van der Waals surface area (Å²) in [6.07, 6.45) is 1.19. The highest BCUT2D eigenvalue weighted by Crippen LogP contribution is 2.13. The van der Waals surface area contributed by atoms with E-state index in [2.05, 4.69) is 9.97 Å². The highest BCUT2D eigenvalue weighted by molar-refractivity contribution is 6.11. The molecule has 0 fully saturated rings. The van der Waals surface area contributed by atoms with Crippen LogP contribution in [0.15, 0.2) is 35.3 Å². The van der Waals surface area contributed by atoms with E-state index < -0.39 is 5.69 Å². The molecule has 0 aliphatic carbocycles. The van der Waals surface area contributed by atoms with E-state index in [1.165, 1.54) is 6.20 Å². The molecule has 1 aromatic carbocycles. The number of carbonyl (C=O) groups is 1. The zero-order valence-electron chi connectivity index (χ0n) is 9.23. The number of aromatic nitrogens is 2. The Morgan fingerprint density at radius 1 is 1.41 bits per heavy atom. The average molecular weight is 229 g/mol. The van der Waals surface area contributed by atoms with Crippen molar-refractivity contribution in [3.05, 3.63) is 57.6 Å². The molecule has 2 rings (SSSR count). The van der Waals surface area contributed by atoms with E-state index in [4.69, 9.17) is 5.73 Å². The molecule has 0 aliphatic heterocycles. The molecule has 0 saturated carbocycles. The van der Waals surface area contributed by atoms with Crippen LogP contribution in [0.1, 0.15) is 21.5 Å². The molecule has 0 bridgehead atoms. The van der Waals surface area contributed by atoms with Crippen LogP contribution in [0.4, 0.5) is 5.82 Å². The van der Waals surface area contributed by atoms with Crippen molar-refractivity contribution >= 4 is 11.6 Å². The first-order valence-corrected chi connectivity index (χ1v) is 5.04. The maximum absolute atomic E-state index is 12.1. The van der Waals surface area contributed by atoms with Gasteiger partial charge in [-0.15, -0.1) is 0 Å². The number of ketones is 1. The van der Waals surface area contributed by atoms with Crippen LogP contribution in [0.5, 0.6) is 0 Å². The molecule has 17 heavy (non-hydrogen) atoms. The quantitative estimate of drug-likeness (QED) is 0.748. The van der Waals surface area contributed by atoms with Gasteiger partial charge in [-0.25, -0.2) is 9.78 Å². The number of aryl methyl sites for hydroxylation is 1. The standard InChI is InChI=1S/C12H11N3O2/c1-7-3-2-4-8(5-7)10(16)9-6-14-12(17)15-11(9)13/h2-6H,1H3,(H3,13,14,15,17). The van der Waals surface area contributed by atoms with Gasteiger partial charge in [-0.05, 0) is 13.0 Å². The lowest BCUT2D eigenvalue weighted by atomic mass is 10.0. The van der Waals surface area contributed by atoms with Gasteiger partial charge in [-0.1, -0.05) is 23.8 Å². The second-order valence-electron chi connectivity index (χ2n) is 3.71. The van der Waals surface area contributed by atoms with Gasteiger partial charge in [-0.2, -0.15) is 0 Å². The second kappa shape index (κ2) is 4.21. The number of carbonyl (C=O) groups excluding carboxylic acids is 1. The summed E-state index contributed by atoms with van der Waals surface area (Å²) in [5.41, 5.74) is 6.72. The Morgan fingerprint density at radius 2 is 2.18 bits per heavy atom. The minimum Gasteiger partial charge on any atom is -0.384 e. The van der Waals surface area contributed by atoms with Crippen LogP contribution in [0.2, 0.25) is 0 Å². The van der Waals surface area contributed by atoms with Crippen molar-refractivity contribution < 1.29 is 4.79 Å². The number of H-pyrrole nitrogens is 1. The lowest BCUT2D eigenvalue weighted by Gasteiger charge is -2.04. The number of nitrogens with one attached hydrogen (secondary N) is 1. The third-order valence-electron chi connectivity index (χ3n) is 2.37. The maximum Gasteiger partial charge on any atom is 0.346 e. The fourth-order valence-corrected chi connectivity index (χ4v) is 1.53. The largest absolute Gasteiger partial charge is 0.384 e. The Kier molecular flexibility index (Phi) is 2.74. The molecule has 2 aromatic rings. The Bertz CT molecular complexity index is 632. The molecule has 0 saturated heterocycles. The van der Waals surface area contributed by atoms with Crippen molar-refractivity contribution in [2.45, 2.75) is 6.92 Å². The molecular weight excluding hydrogens is 218 g/mol. The minimum absolute atomic E-state index is 0.0384. The smallest absolute Gasteiger partial charge is 0.346 e. The summed E-state index contributed by atoms with van der Waals surface area (Å²) >= 11 is 0. The molecule has 5 heteroatoms. The van der Waals surface area contributed by atoms with Gasteiger partial charge >= 0.3 is 5.69 Å². The van der Waals surface area contributed by atoms with Crippen LogP contribution in [-0.2, 0) is 0 Å². The lowest BCUT2D eigenvalue weighted by molar-refractivity contribution is 0.103. The second-order valence-corrected chi connectivity index (χ2v) is 3.71. The third-order valence-corrected chi connectivity index (χ3v) is 2.37. The number of anilines is 1. The van der Waals surface area contributed by atoms with E-state index in [0.29, 0.717) is 5.56 Å². The first-order chi connectivity index (χ1) is 8.08. The monoisotopic (exact) mass is 229 g/mol. The molecule has 5 nitrogen and oxygen atoms in total. The van der Waals surface area contributed by atoms with Gasteiger partial charge in [0.25, 0.3) is 0 Å². The molecular formula is C12H11N3O2. The highest BCUT2D eigenvalue weighted by atomic mass is 16.1. The van der Waals surface area contributed by atoms with Gasteiger partial charge in [0.2, 0.25) is 0 Å². The van der Waals surface area contributed by atoms with E-state index in [1.54, 1.807) is 18.2 Å². The summed E-state index contributed by atoms with van der Waals surface area (Å²) in [6, 6.07) is 7.13. The van der Waals surface area contributed by atoms with Gasteiger partial charge in [0.15, 0.2) is 5.78 Å². The van der Waals surface area contributed by atoms with Crippen LogP contribution < -0.4 is 11.4 Å². The molecule has 1 heterocycles. The molecule has 0 amide bonds. The molecule has 0 unspecified atom stereocenters. The Balaban J connectivity index is 2.47. The topological polar surface area (TPSA) is 88.8 Å². The Labute approximate surface area is 97.3 Å². The zero-order chi connectivity index (χ0) is 12.4. The molecule has 1 aromatic heterocycles. The molecule has 0 radical (unpaired) electrons. The summed E-state index contributed by atoms with van der Waals surface area (Å²) in [4.78, 5) is 28.8. The van der Waals surface area contributed by atoms with Gasteiger partial charge in [-0.3, -0.25) is 9.78 Å². The number of nitrogens with zero attached hydrogens (tertiary/aromatic N) is 1. The predicted octanol–water partition coefficient (Wildman–Crippen LogP) is 0.892. The van der Waals surface area contributed by atoms with E-state index >= 15 is 0 Å². The van der Waals surface area contributed by atoms with Crippen molar-refractivity contribution in [2.75, 3.05) is 5.73 Å². The molecule has 86 valence electrons. The van der Waals surface area contributed by atoms with Crippen LogP contribution in [0.25, 0.3) is 0 Å². The summed E-state index contributed by atoms with van der Waals surface area (Å²) < 4.78 is 0. The third kappa shape index (κ3) is 2.23. The van der Waals surface area contributed by atoms with Crippen LogP contribution in [0, 0.1) is 6.92 Å². The normalized spacial score (nSPS) is 10.2. The number of rotatable bonds is 2. The molecule has 0 spiro atoms.